The molecule has 1 aromatic rings. The minimum atomic E-state index is -4.48. The van der Waals surface area contributed by atoms with Gasteiger partial charge in [-0.15, -0.1) is 0 Å². The molecule has 0 spiro atoms. The Bertz CT molecular complexity index is 931. The maximum atomic E-state index is 12.8. The van der Waals surface area contributed by atoms with Gasteiger partial charge in [0.2, 0.25) is 0 Å². The smallest absolute Gasteiger partial charge is 0.416 e. The summed E-state index contributed by atoms with van der Waals surface area (Å²) < 4.78 is 43.6. The first-order valence-electron chi connectivity index (χ1n) is 11.3. The number of ketones is 1. The number of aliphatic carboxylic acids is 1. The molecule has 0 saturated heterocycles. The number of rotatable bonds is 12. The monoisotopic (exact) mass is 480 g/mol. The fourth-order valence-electron chi connectivity index (χ4n) is 3.73. The van der Waals surface area contributed by atoms with Gasteiger partial charge in [0.25, 0.3) is 0 Å². The van der Waals surface area contributed by atoms with E-state index in [1.54, 1.807) is 12.2 Å². The van der Waals surface area contributed by atoms with Gasteiger partial charge in [-0.05, 0) is 49.0 Å². The van der Waals surface area contributed by atoms with Crippen LogP contribution in [-0.2, 0) is 15.8 Å². The summed E-state index contributed by atoms with van der Waals surface area (Å²) in [6.07, 6.45) is 5.02. The summed E-state index contributed by atoms with van der Waals surface area (Å²) in [4.78, 5) is 23.5. The third-order valence-corrected chi connectivity index (χ3v) is 5.73. The first-order chi connectivity index (χ1) is 16.0. The largest absolute Gasteiger partial charge is 0.491 e. The van der Waals surface area contributed by atoms with E-state index in [0.29, 0.717) is 25.7 Å². The summed E-state index contributed by atoms with van der Waals surface area (Å²) >= 11 is 0. The minimum Gasteiger partial charge on any atom is -0.491 e. The van der Waals surface area contributed by atoms with Crippen molar-refractivity contribution in [2.75, 3.05) is 6.61 Å². The molecular weight excluding hydrogens is 449 g/mol. The molecule has 1 aliphatic rings. The molecule has 1 aliphatic carbocycles. The van der Waals surface area contributed by atoms with Gasteiger partial charge in [0.15, 0.2) is 0 Å². The van der Waals surface area contributed by atoms with Gasteiger partial charge in [0.05, 0.1) is 11.5 Å². The van der Waals surface area contributed by atoms with Crippen LogP contribution in [0.4, 0.5) is 13.2 Å². The van der Waals surface area contributed by atoms with E-state index in [2.05, 4.69) is 0 Å². The fourth-order valence-corrected chi connectivity index (χ4v) is 3.73. The van der Waals surface area contributed by atoms with Crippen molar-refractivity contribution in [2.24, 2.45) is 17.8 Å². The zero-order chi connectivity index (χ0) is 25.3. The number of carboxylic acids is 1. The summed E-state index contributed by atoms with van der Waals surface area (Å²) in [7, 11) is 0. The molecule has 8 heteroatoms. The van der Waals surface area contributed by atoms with Crippen LogP contribution in [0, 0.1) is 17.8 Å². The first kappa shape index (κ1) is 27.4. The number of aliphatic hydroxyl groups excluding tert-OH is 1. The number of Topliss-reactive ketones (excluding diaryl/α,β-unsaturated/α-hetero) is 1. The van der Waals surface area contributed by atoms with Crippen LogP contribution in [-0.4, -0.2) is 34.7 Å². The van der Waals surface area contributed by atoms with Crippen LogP contribution in [0.2, 0.25) is 0 Å². The summed E-state index contributed by atoms with van der Waals surface area (Å²) in [6, 6.07) is 4.43. The Morgan fingerprint density at radius 2 is 2.00 bits per heavy atom. The maximum absolute atomic E-state index is 12.8. The molecule has 1 unspecified atom stereocenters. The SMILES string of the molecule is CC(C)C(CCC=CC[C@H]1C(=O)CC=C1C=C[C@@H](O)COc1cccc(C(F)(F)F)c1)C(=O)O. The number of benzene rings is 1. The third kappa shape index (κ3) is 8.48. The summed E-state index contributed by atoms with van der Waals surface area (Å²) in [6.45, 7) is 3.52. The molecule has 0 saturated carbocycles. The number of carboxylic acid groups (broad SMARTS) is 1. The second-order valence-electron chi connectivity index (χ2n) is 8.66. The number of halogens is 3. The van der Waals surface area contributed by atoms with E-state index in [0.717, 1.165) is 17.7 Å². The Morgan fingerprint density at radius 1 is 1.26 bits per heavy atom. The average Bonchev–Trinajstić information content (AvgIpc) is 3.11. The molecule has 0 aromatic heterocycles. The summed E-state index contributed by atoms with van der Waals surface area (Å²) in [5, 5.41) is 19.4. The van der Waals surface area contributed by atoms with Crippen molar-refractivity contribution in [3.63, 3.8) is 0 Å². The van der Waals surface area contributed by atoms with Crippen molar-refractivity contribution in [1.29, 1.82) is 0 Å². The Kier molecular flexibility index (Phi) is 10.1. The lowest BCUT2D eigenvalue weighted by atomic mass is 9.91. The number of carbonyl (C=O) groups is 2. The molecule has 0 fully saturated rings. The highest BCUT2D eigenvalue weighted by molar-refractivity contribution is 5.89. The number of aliphatic hydroxyl groups is 1. The van der Waals surface area contributed by atoms with Gasteiger partial charge < -0.3 is 14.9 Å². The van der Waals surface area contributed by atoms with E-state index in [-0.39, 0.29) is 30.0 Å². The molecule has 186 valence electrons. The molecule has 0 aliphatic heterocycles. The molecule has 34 heavy (non-hydrogen) atoms. The normalized spacial score (nSPS) is 18.6. The van der Waals surface area contributed by atoms with Gasteiger partial charge in [-0.2, -0.15) is 13.2 Å². The Balaban J connectivity index is 1.85. The molecule has 5 nitrogen and oxygen atoms in total. The van der Waals surface area contributed by atoms with E-state index >= 15 is 0 Å². The summed E-state index contributed by atoms with van der Waals surface area (Å²) in [5.74, 6) is -1.45. The number of carbonyl (C=O) groups excluding carboxylic acids is 1. The van der Waals surface area contributed by atoms with Gasteiger partial charge in [-0.3, -0.25) is 9.59 Å². The van der Waals surface area contributed by atoms with E-state index < -0.39 is 29.7 Å². The van der Waals surface area contributed by atoms with Crippen LogP contribution in [0.25, 0.3) is 0 Å². The zero-order valence-electron chi connectivity index (χ0n) is 19.3. The number of hydrogen-bond acceptors (Lipinski definition) is 4. The standard InChI is InChI=1S/C26H31F3O5/c1-17(2)22(25(32)33)9-4-3-5-10-23-18(12-14-24(23)31)11-13-20(30)16-34-21-8-6-7-19(15-21)26(27,28)29/h3,5-8,11-13,15,17,20,22-23,30H,4,9-10,14,16H2,1-2H3,(H,32,33)/t20-,22?,23-/m1/s1. The lowest BCUT2D eigenvalue weighted by Crippen LogP contribution is -2.19. The van der Waals surface area contributed by atoms with Crippen molar-refractivity contribution >= 4 is 11.8 Å². The number of alkyl halides is 3. The van der Waals surface area contributed by atoms with Crippen LogP contribution < -0.4 is 4.74 Å². The maximum Gasteiger partial charge on any atom is 0.416 e. The minimum absolute atomic E-state index is 0.00292. The third-order valence-electron chi connectivity index (χ3n) is 5.73. The highest BCUT2D eigenvalue weighted by Gasteiger charge is 2.30. The van der Waals surface area contributed by atoms with Crippen molar-refractivity contribution in [1.82, 2.24) is 0 Å². The van der Waals surface area contributed by atoms with Crippen LogP contribution in [0.1, 0.15) is 45.1 Å². The molecule has 1 aromatic carbocycles. The van der Waals surface area contributed by atoms with Crippen molar-refractivity contribution in [3.05, 3.63) is 65.8 Å². The van der Waals surface area contributed by atoms with Crippen LogP contribution in [0.15, 0.2) is 60.2 Å². The van der Waals surface area contributed by atoms with Gasteiger partial charge in [-0.25, -0.2) is 0 Å². The molecule has 0 radical (unpaired) electrons. The van der Waals surface area contributed by atoms with E-state index in [4.69, 9.17) is 4.74 Å². The number of allylic oxidation sites excluding steroid dienone is 5. The van der Waals surface area contributed by atoms with Crippen molar-refractivity contribution in [2.45, 2.75) is 51.8 Å². The van der Waals surface area contributed by atoms with E-state index in [1.807, 2.05) is 26.0 Å². The van der Waals surface area contributed by atoms with Crippen molar-refractivity contribution < 1.29 is 37.7 Å². The predicted molar refractivity (Wildman–Crippen MR) is 122 cm³/mol. The van der Waals surface area contributed by atoms with Crippen molar-refractivity contribution in [3.8, 4) is 5.75 Å². The number of hydrogen-bond donors (Lipinski definition) is 2. The molecule has 3 atom stereocenters. The molecular formula is C26H31F3O5. The Morgan fingerprint density at radius 3 is 2.65 bits per heavy atom. The number of ether oxygens (including phenoxy) is 1. The van der Waals surface area contributed by atoms with E-state index in [1.165, 1.54) is 18.2 Å². The lowest BCUT2D eigenvalue weighted by molar-refractivity contribution is -0.143. The van der Waals surface area contributed by atoms with Gasteiger partial charge >= 0.3 is 12.1 Å². The molecule has 0 amide bonds. The predicted octanol–water partition coefficient (Wildman–Crippen LogP) is 5.60. The lowest BCUT2D eigenvalue weighted by Gasteiger charge is -2.14. The summed E-state index contributed by atoms with van der Waals surface area (Å²) in [5.41, 5.74) is -0.0680. The average molecular weight is 481 g/mol. The second kappa shape index (κ2) is 12.6. The molecule has 0 heterocycles. The van der Waals surface area contributed by atoms with Crippen LogP contribution >= 0.6 is 0 Å². The molecule has 0 bridgehead atoms. The fraction of sp³-hybridized carbons (Fsp3) is 0.462. The second-order valence-corrected chi connectivity index (χ2v) is 8.66. The molecule has 2 N–H and O–H groups in total. The Labute approximate surface area is 197 Å². The van der Waals surface area contributed by atoms with Gasteiger partial charge in [0, 0.05) is 12.3 Å². The highest BCUT2D eigenvalue weighted by atomic mass is 19.4. The van der Waals surface area contributed by atoms with E-state index in [9.17, 15) is 33.0 Å². The van der Waals surface area contributed by atoms with Gasteiger partial charge in [0.1, 0.15) is 24.2 Å². The quantitative estimate of drug-likeness (QED) is 0.381. The highest BCUT2D eigenvalue weighted by Crippen LogP contribution is 2.31. The Hall–Kier alpha value is -2.87. The zero-order valence-corrected chi connectivity index (χ0v) is 19.3. The van der Waals surface area contributed by atoms with Crippen LogP contribution in [0.3, 0.4) is 0 Å². The first-order valence-corrected chi connectivity index (χ1v) is 11.3. The molecule has 2 rings (SSSR count). The van der Waals surface area contributed by atoms with Crippen LogP contribution in [0.5, 0.6) is 5.75 Å². The topological polar surface area (TPSA) is 83.8 Å². The van der Waals surface area contributed by atoms with Gasteiger partial charge in [-0.1, -0.05) is 50.3 Å².